The van der Waals surface area contributed by atoms with Crippen molar-refractivity contribution in [1.29, 1.82) is 0 Å². The fourth-order valence-corrected chi connectivity index (χ4v) is 3.74. The predicted octanol–water partition coefficient (Wildman–Crippen LogP) is 4.97. The zero-order valence-corrected chi connectivity index (χ0v) is 19.6. The maximum atomic E-state index is 14.7. The van der Waals surface area contributed by atoms with Crippen LogP contribution in [0.4, 0.5) is 4.39 Å². The lowest BCUT2D eigenvalue weighted by atomic mass is 9.97. The number of halogens is 1. The van der Waals surface area contributed by atoms with Crippen LogP contribution in [-0.4, -0.2) is 32.0 Å². The molecule has 10 heteroatoms. The summed E-state index contributed by atoms with van der Waals surface area (Å²) >= 11 is 1.34. The lowest BCUT2D eigenvalue weighted by Crippen LogP contribution is -2.11. The SMILES string of the molecule is COc1ccc(OCc2nnc(SCc3noc(C(C)(C)C)n3)n2-c2ccccc2F)cc1. The zero-order chi connectivity index (χ0) is 23.4. The summed E-state index contributed by atoms with van der Waals surface area (Å²) in [5.41, 5.74) is 0.0940. The molecule has 4 aromatic rings. The smallest absolute Gasteiger partial charge is 0.232 e. The number of thioether (sulfide) groups is 1. The summed E-state index contributed by atoms with van der Waals surface area (Å²) in [6.07, 6.45) is 0. The molecule has 2 heterocycles. The molecule has 0 unspecified atom stereocenters. The molecule has 0 aliphatic carbocycles. The lowest BCUT2D eigenvalue weighted by Gasteiger charge is -2.12. The second kappa shape index (κ2) is 9.62. The van der Waals surface area contributed by atoms with Gasteiger partial charge in [0.1, 0.15) is 23.9 Å². The fourth-order valence-electron chi connectivity index (χ4n) is 2.93. The van der Waals surface area contributed by atoms with Gasteiger partial charge in [0.2, 0.25) is 5.89 Å². The Morgan fingerprint density at radius 3 is 2.42 bits per heavy atom. The first kappa shape index (κ1) is 22.8. The van der Waals surface area contributed by atoms with E-state index < -0.39 is 0 Å². The number of hydrogen-bond acceptors (Lipinski definition) is 8. The molecular formula is C23H24FN5O3S. The Kier molecular flexibility index (Phi) is 6.64. The summed E-state index contributed by atoms with van der Waals surface area (Å²) in [5, 5.41) is 13.1. The molecule has 0 N–H and O–H groups in total. The van der Waals surface area contributed by atoms with Gasteiger partial charge >= 0.3 is 0 Å². The van der Waals surface area contributed by atoms with E-state index in [0.29, 0.717) is 39.9 Å². The molecule has 2 aromatic heterocycles. The number of hydrogen-bond donors (Lipinski definition) is 0. The molecule has 0 radical (unpaired) electrons. The average Bonchev–Trinajstić information content (AvgIpc) is 3.44. The summed E-state index contributed by atoms with van der Waals surface area (Å²) in [6, 6.07) is 13.7. The molecule has 33 heavy (non-hydrogen) atoms. The molecule has 8 nitrogen and oxygen atoms in total. The maximum Gasteiger partial charge on any atom is 0.232 e. The van der Waals surface area contributed by atoms with Crippen molar-refractivity contribution in [1.82, 2.24) is 24.9 Å². The van der Waals surface area contributed by atoms with Crippen LogP contribution in [0.2, 0.25) is 0 Å². The molecule has 0 bridgehead atoms. The van der Waals surface area contributed by atoms with E-state index >= 15 is 0 Å². The summed E-state index contributed by atoms with van der Waals surface area (Å²) in [6.45, 7) is 6.11. The molecule has 0 atom stereocenters. The normalized spacial score (nSPS) is 11.5. The minimum absolute atomic E-state index is 0.102. The standard InChI is InChI=1S/C23H24FN5O3S/c1-23(2,3)21-25-19(28-32-21)14-33-22-27-26-20(29(22)18-8-6-5-7-17(18)24)13-31-16-11-9-15(30-4)10-12-16/h5-12H,13-14H2,1-4H3. The van der Waals surface area contributed by atoms with Crippen molar-refractivity contribution in [2.24, 2.45) is 0 Å². The van der Waals surface area contributed by atoms with Gasteiger partial charge in [-0.05, 0) is 36.4 Å². The maximum absolute atomic E-state index is 14.7. The van der Waals surface area contributed by atoms with E-state index in [4.69, 9.17) is 14.0 Å². The Morgan fingerprint density at radius 1 is 1.03 bits per heavy atom. The lowest BCUT2D eigenvalue weighted by molar-refractivity contribution is 0.292. The van der Waals surface area contributed by atoms with Crippen molar-refractivity contribution in [3.63, 3.8) is 0 Å². The highest BCUT2D eigenvalue weighted by Crippen LogP contribution is 2.28. The minimum Gasteiger partial charge on any atom is -0.497 e. The van der Waals surface area contributed by atoms with Crippen LogP contribution in [0.1, 0.15) is 38.3 Å². The zero-order valence-electron chi connectivity index (χ0n) is 18.8. The van der Waals surface area contributed by atoms with Crippen molar-refractivity contribution in [3.05, 3.63) is 71.9 Å². The summed E-state index contributed by atoms with van der Waals surface area (Å²) < 4.78 is 32.7. The van der Waals surface area contributed by atoms with Gasteiger partial charge in [-0.2, -0.15) is 4.98 Å². The molecule has 0 spiro atoms. The third-order valence-electron chi connectivity index (χ3n) is 4.66. The van der Waals surface area contributed by atoms with Gasteiger partial charge in [0.05, 0.1) is 18.6 Å². The molecular weight excluding hydrogens is 445 g/mol. The Bertz CT molecular complexity index is 1220. The van der Waals surface area contributed by atoms with Crippen LogP contribution < -0.4 is 9.47 Å². The van der Waals surface area contributed by atoms with E-state index in [-0.39, 0.29) is 17.8 Å². The monoisotopic (exact) mass is 469 g/mol. The van der Waals surface area contributed by atoms with Crippen LogP contribution in [0.25, 0.3) is 5.69 Å². The summed E-state index contributed by atoms with van der Waals surface area (Å²) in [5.74, 6) is 2.92. The van der Waals surface area contributed by atoms with Crippen molar-refractivity contribution in [3.8, 4) is 17.2 Å². The Morgan fingerprint density at radius 2 is 1.76 bits per heavy atom. The van der Waals surface area contributed by atoms with Crippen LogP contribution in [0.3, 0.4) is 0 Å². The minimum atomic E-state index is -0.389. The predicted molar refractivity (Wildman–Crippen MR) is 121 cm³/mol. The molecule has 0 aliphatic rings. The molecule has 0 saturated heterocycles. The van der Waals surface area contributed by atoms with Crippen LogP contribution >= 0.6 is 11.8 Å². The number of ether oxygens (including phenoxy) is 2. The van der Waals surface area contributed by atoms with Gasteiger partial charge in [-0.3, -0.25) is 4.57 Å². The molecule has 4 rings (SSSR count). The fraction of sp³-hybridized carbons (Fsp3) is 0.304. The van der Waals surface area contributed by atoms with Gasteiger partial charge in [0, 0.05) is 5.41 Å². The molecule has 0 amide bonds. The van der Waals surface area contributed by atoms with Crippen molar-refractivity contribution < 1.29 is 18.4 Å². The summed E-state index contributed by atoms with van der Waals surface area (Å²) in [7, 11) is 1.60. The molecule has 0 fully saturated rings. The third-order valence-corrected chi connectivity index (χ3v) is 5.59. The Balaban J connectivity index is 1.57. The van der Waals surface area contributed by atoms with E-state index in [2.05, 4.69) is 20.3 Å². The van der Waals surface area contributed by atoms with Crippen LogP contribution in [0.15, 0.2) is 58.2 Å². The van der Waals surface area contributed by atoms with Crippen LogP contribution in [0.5, 0.6) is 11.5 Å². The van der Waals surface area contributed by atoms with Gasteiger partial charge in [-0.1, -0.05) is 49.8 Å². The molecule has 172 valence electrons. The van der Waals surface area contributed by atoms with Crippen molar-refractivity contribution >= 4 is 11.8 Å². The van der Waals surface area contributed by atoms with E-state index in [9.17, 15) is 4.39 Å². The average molecular weight is 470 g/mol. The van der Waals surface area contributed by atoms with Crippen molar-refractivity contribution in [2.45, 2.75) is 43.7 Å². The molecule has 0 saturated carbocycles. The van der Waals surface area contributed by atoms with E-state index in [1.807, 2.05) is 20.8 Å². The van der Waals surface area contributed by atoms with Gasteiger partial charge in [-0.15, -0.1) is 10.2 Å². The first-order valence-corrected chi connectivity index (χ1v) is 11.3. The first-order valence-electron chi connectivity index (χ1n) is 10.3. The number of aromatic nitrogens is 5. The number of benzene rings is 2. The molecule has 0 aliphatic heterocycles. The number of methoxy groups -OCH3 is 1. The van der Waals surface area contributed by atoms with Crippen LogP contribution in [-0.2, 0) is 17.8 Å². The Hall–Kier alpha value is -3.40. The van der Waals surface area contributed by atoms with Gasteiger partial charge in [0.25, 0.3) is 0 Å². The van der Waals surface area contributed by atoms with Gasteiger partial charge in [0.15, 0.2) is 16.8 Å². The second-order valence-corrected chi connectivity index (χ2v) is 9.15. The van der Waals surface area contributed by atoms with Gasteiger partial charge < -0.3 is 14.0 Å². The third kappa shape index (κ3) is 5.33. The molecule has 2 aromatic carbocycles. The number of rotatable bonds is 8. The van der Waals surface area contributed by atoms with E-state index in [1.165, 1.54) is 17.8 Å². The van der Waals surface area contributed by atoms with Gasteiger partial charge in [-0.25, -0.2) is 4.39 Å². The number of nitrogens with zero attached hydrogens (tertiary/aromatic N) is 5. The van der Waals surface area contributed by atoms with Crippen molar-refractivity contribution in [2.75, 3.05) is 7.11 Å². The van der Waals surface area contributed by atoms with Crippen LogP contribution in [0, 0.1) is 5.82 Å². The topological polar surface area (TPSA) is 88.1 Å². The largest absolute Gasteiger partial charge is 0.497 e. The number of para-hydroxylation sites is 1. The second-order valence-electron chi connectivity index (χ2n) is 8.20. The Labute approximate surface area is 195 Å². The van der Waals surface area contributed by atoms with E-state index in [0.717, 1.165) is 5.75 Å². The highest BCUT2D eigenvalue weighted by molar-refractivity contribution is 7.98. The first-order chi connectivity index (χ1) is 15.8. The quantitative estimate of drug-likeness (QED) is 0.334. The highest BCUT2D eigenvalue weighted by Gasteiger charge is 2.23. The highest BCUT2D eigenvalue weighted by atomic mass is 32.2. The summed E-state index contributed by atoms with van der Waals surface area (Å²) in [4.78, 5) is 4.45. The van der Waals surface area contributed by atoms with E-state index in [1.54, 1.807) is 54.1 Å².